The molecule has 0 aromatic heterocycles. The first-order chi connectivity index (χ1) is 12.8. The Kier molecular flexibility index (Phi) is 13.3. The van der Waals surface area contributed by atoms with Crippen LogP contribution in [0.3, 0.4) is 0 Å². The zero-order valence-corrected chi connectivity index (χ0v) is 17.9. The van der Waals surface area contributed by atoms with Crippen molar-refractivity contribution in [2.24, 2.45) is 5.92 Å². The molecule has 27 heavy (non-hydrogen) atoms. The maximum atomic E-state index is 3.93. The van der Waals surface area contributed by atoms with Crippen molar-refractivity contribution >= 4 is 11.8 Å². The molecular weight excluding hydrogens is 328 g/mol. The Morgan fingerprint density at radius 1 is 1.15 bits per heavy atom. The lowest BCUT2D eigenvalue weighted by Gasteiger charge is -2.05. The molecule has 0 spiro atoms. The Hall–Kier alpha value is -2.48. The Labute approximate surface area is 167 Å². The molecule has 0 aliphatic heterocycles. The Morgan fingerprint density at radius 3 is 2.41 bits per heavy atom. The van der Waals surface area contributed by atoms with E-state index in [2.05, 4.69) is 63.3 Å². The van der Waals surface area contributed by atoms with Crippen LogP contribution < -0.4 is 10.6 Å². The molecule has 0 heterocycles. The first kappa shape index (κ1) is 24.5. The van der Waals surface area contributed by atoms with Crippen LogP contribution in [0, 0.1) is 5.92 Å². The second-order valence-corrected chi connectivity index (χ2v) is 6.95. The van der Waals surface area contributed by atoms with Crippen LogP contribution >= 0.6 is 0 Å². The van der Waals surface area contributed by atoms with Crippen LogP contribution in [-0.4, -0.2) is 14.1 Å². The van der Waals surface area contributed by atoms with E-state index < -0.39 is 0 Å². The second kappa shape index (κ2) is 14.7. The van der Waals surface area contributed by atoms with Gasteiger partial charge in [0.2, 0.25) is 0 Å². The van der Waals surface area contributed by atoms with Crippen molar-refractivity contribution in [3.05, 3.63) is 84.6 Å². The van der Waals surface area contributed by atoms with E-state index in [9.17, 15) is 0 Å². The minimum atomic E-state index is 0.795. The summed E-state index contributed by atoms with van der Waals surface area (Å²) in [7, 11) is 3.72. The molecule has 0 bridgehead atoms. The van der Waals surface area contributed by atoms with E-state index >= 15 is 0 Å². The minimum Gasteiger partial charge on any atom is -0.389 e. The average molecular weight is 367 g/mol. The van der Waals surface area contributed by atoms with Crippen LogP contribution in [0.15, 0.2) is 73.5 Å². The van der Waals surface area contributed by atoms with E-state index in [1.807, 2.05) is 50.5 Å². The van der Waals surface area contributed by atoms with Gasteiger partial charge in [-0.25, -0.2) is 0 Å². The van der Waals surface area contributed by atoms with Crippen molar-refractivity contribution in [2.75, 3.05) is 14.1 Å². The van der Waals surface area contributed by atoms with Gasteiger partial charge in [-0.2, -0.15) is 0 Å². The molecule has 0 saturated heterocycles. The lowest BCUT2D eigenvalue weighted by atomic mass is 10.0. The quantitative estimate of drug-likeness (QED) is 0.361. The normalized spacial score (nSPS) is 11.0. The lowest BCUT2D eigenvalue weighted by molar-refractivity contribution is 0.546. The van der Waals surface area contributed by atoms with Crippen LogP contribution in [0.1, 0.15) is 51.2 Å². The number of nitrogens with one attached hydrogen (secondary N) is 2. The van der Waals surface area contributed by atoms with Gasteiger partial charge in [0.1, 0.15) is 0 Å². The molecular formula is C25H38N2. The Morgan fingerprint density at radius 2 is 1.85 bits per heavy atom. The third-order valence-electron chi connectivity index (χ3n) is 4.12. The van der Waals surface area contributed by atoms with Gasteiger partial charge in [-0.15, -0.1) is 6.58 Å². The van der Waals surface area contributed by atoms with Crippen molar-refractivity contribution in [3.8, 4) is 0 Å². The van der Waals surface area contributed by atoms with Gasteiger partial charge >= 0.3 is 0 Å². The summed E-state index contributed by atoms with van der Waals surface area (Å²) in [6.07, 6.45) is 11.9. The number of allylic oxidation sites excluding steroid dienone is 4. The summed E-state index contributed by atoms with van der Waals surface area (Å²) in [6, 6.07) is 8.17. The van der Waals surface area contributed by atoms with Crippen molar-refractivity contribution < 1.29 is 0 Å². The fourth-order valence-corrected chi connectivity index (χ4v) is 2.31. The van der Waals surface area contributed by atoms with E-state index in [0.717, 1.165) is 34.9 Å². The van der Waals surface area contributed by atoms with Crippen LogP contribution in [0.2, 0.25) is 0 Å². The highest BCUT2D eigenvalue weighted by Crippen LogP contribution is 2.13. The van der Waals surface area contributed by atoms with Gasteiger partial charge in [-0.05, 0) is 62.3 Å². The molecule has 0 amide bonds. The summed E-state index contributed by atoms with van der Waals surface area (Å²) in [4.78, 5) is 0. The summed E-state index contributed by atoms with van der Waals surface area (Å²) < 4.78 is 0. The predicted molar refractivity (Wildman–Crippen MR) is 124 cm³/mol. The number of benzene rings is 1. The van der Waals surface area contributed by atoms with E-state index in [-0.39, 0.29) is 0 Å². The summed E-state index contributed by atoms with van der Waals surface area (Å²) in [5, 5.41) is 6.01. The van der Waals surface area contributed by atoms with Crippen LogP contribution in [0.5, 0.6) is 0 Å². The SMILES string of the molecule is C=C(/C=C/c1cccc(C(=C)NC)c1)NC.C=CC[C@@H](C)CCC=C(C)C. The van der Waals surface area contributed by atoms with E-state index in [0.29, 0.717) is 0 Å². The van der Waals surface area contributed by atoms with Gasteiger partial charge in [0, 0.05) is 25.5 Å². The molecule has 0 fully saturated rings. The standard InChI is InChI=1S/C14H18N2.C11H20/c1-11(15-3)8-9-13-6-5-7-14(10-13)12(2)16-4;1-5-7-11(4)9-6-8-10(2)3/h5-10,15-16H,1-2H2,3-4H3;5,8,11H,1,6-7,9H2,2-4H3/b9-8+;/t;11-/m.1/s1. The zero-order valence-electron chi connectivity index (χ0n) is 17.9. The molecule has 1 atom stereocenters. The highest BCUT2D eigenvalue weighted by atomic mass is 14.8. The molecule has 1 rings (SSSR count). The largest absolute Gasteiger partial charge is 0.389 e. The topological polar surface area (TPSA) is 24.1 Å². The van der Waals surface area contributed by atoms with E-state index in [1.54, 1.807) is 0 Å². The summed E-state index contributed by atoms with van der Waals surface area (Å²) >= 11 is 0. The molecule has 1 aromatic carbocycles. The first-order valence-electron chi connectivity index (χ1n) is 9.60. The predicted octanol–water partition coefficient (Wildman–Crippen LogP) is 6.57. The fraction of sp³-hybridized carbons (Fsp3) is 0.360. The number of hydrogen-bond acceptors (Lipinski definition) is 2. The van der Waals surface area contributed by atoms with Crippen molar-refractivity contribution in [2.45, 2.75) is 40.0 Å². The highest BCUT2D eigenvalue weighted by Gasteiger charge is 1.97. The molecule has 0 aliphatic rings. The molecule has 0 saturated carbocycles. The molecule has 1 aromatic rings. The molecule has 2 nitrogen and oxygen atoms in total. The van der Waals surface area contributed by atoms with Gasteiger partial charge in [0.25, 0.3) is 0 Å². The second-order valence-electron chi connectivity index (χ2n) is 6.95. The first-order valence-corrected chi connectivity index (χ1v) is 9.60. The molecule has 0 aliphatic carbocycles. The third-order valence-corrected chi connectivity index (χ3v) is 4.12. The number of likely N-dealkylation sites (N-methyl/N-ethyl adjacent to an activating group) is 1. The van der Waals surface area contributed by atoms with E-state index in [4.69, 9.17) is 0 Å². The van der Waals surface area contributed by atoms with Gasteiger partial charge in [0.05, 0.1) is 0 Å². The maximum absolute atomic E-state index is 3.93. The Bertz CT molecular complexity index is 646. The van der Waals surface area contributed by atoms with Crippen LogP contribution in [-0.2, 0) is 0 Å². The summed E-state index contributed by atoms with van der Waals surface area (Å²) in [6.45, 7) is 18.1. The van der Waals surface area contributed by atoms with Crippen LogP contribution in [0.25, 0.3) is 11.8 Å². The summed E-state index contributed by atoms with van der Waals surface area (Å²) in [5.74, 6) is 0.795. The van der Waals surface area contributed by atoms with Gasteiger partial charge in [-0.1, -0.05) is 62.1 Å². The van der Waals surface area contributed by atoms with Gasteiger partial charge in [0.15, 0.2) is 0 Å². The average Bonchev–Trinajstić information content (AvgIpc) is 2.66. The van der Waals surface area contributed by atoms with Crippen molar-refractivity contribution in [3.63, 3.8) is 0 Å². The van der Waals surface area contributed by atoms with Gasteiger partial charge in [-0.3, -0.25) is 0 Å². The minimum absolute atomic E-state index is 0.795. The van der Waals surface area contributed by atoms with Crippen molar-refractivity contribution in [1.82, 2.24) is 10.6 Å². The smallest absolute Gasteiger partial charge is 0.0338 e. The molecule has 0 unspecified atom stereocenters. The molecule has 2 heteroatoms. The molecule has 0 radical (unpaired) electrons. The summed E-state index contributed by atoms with van der Waals surface area (Å²) in [5.41, 5.74) is 5.46. The van der Waals surface area contributed by atoms with E-state index in [1.165, 1.54) is 18.4 Å². The third kappa shape index (κ3) is 12.5. The Balaban J connectivity index is 0.000000541. The zero-order chi connectivity index (χ0) is 20.7. The highest BCUT2D eigenvalue weighted by molar-refractivity contribution is 5.65. The lowest BCUT2D eigenvalue weighted by Crippen LogP contribution is -2.02. The maximum Gasteiger partial charge on any atom is 0.0338 e. The fourth-order valence-electron chi connectivity index (χ4n) is 2.31. The number of rotatable bonds is 10. The molecule has 2 N–H and O–H groups in total. The van der Waals surface area contributed by atoms with Crippen molar-refractivity contribution in [1.29, 1.82) is 0 Å². The molecule has 148 valence electrons. The monoisotopic (exact) mass is 366 g/mol. The number of hydrogen-bond donors (Lipinski definition) is 2. The van der Waals surface area contributed by atoms with Crippen LogP contribution in [0.4, 0.5) is 0 Å². The van der Waals surface area contributed by atoms with Gasteiger partial charge < -0.3 is 10.6 Å².